The SMILES string of the molecule is O=C(Nc1cccc2cccnc12)[C@H]1CCCN(S(=O)(=O)c2cccs2)C1. The van der Waals surface area contributed by atoms with Crippen LogP contribution in [0.1, 0.15) is 12.8 Å². The first-order valence-electron chi connectivity index (χ1n) is 8.74. The van der Waals surface area contributed by atoms with E-state index in [0.717, 1.165) is 10.9 Å². The highest BCUT2D eigenvalue weighted by atomic mass is 32.2. The Bertz CT molecular complexity index is 1060. The molecule has 1 aromatic carbocycles. The minimum atomic E-state index is -3.53. The highest BCUT2D eigenvalue weighted by Gasteiger charge is 2.33. The first-order valence-corrected chi connectivity index (χ1v) is 11.1. The third-order valence-corrected chi connectivity index (χ3v) is 7.97. The van der Waals surface area contributed by atoms with E-state index in [2.05, 4.69) is 10.3 Å². The zero-order valence-electron chi connectivity index (χ0n) is 14.5. The number of pyridine rings is 1. The molecule has 1 N–H and O–H groups in total. The third-order valence-electron chi connectivity index (χ3n) is 4.73. The summed E-state index contributed by atoms with van der Waals surface area (Å²) < 4.78 is 27.2. The molecule has 0 spiro atoms. The first kappa shape index (κ1) is 18.1. The molecule has 0 radical (unpaired) electrons. The van der Waals surface area contributed by atoms with Gasteiger partial charge in [-0.25, -0.2) is 8.42 Å². The van der Waals surface area contributed by atoms with Gasteiger partial charge < -0.3 is 5.32 Å². The van der Waals surface area contributed by atoms with Gasteiger partial charge in [-0.15, -0.1) is 11.3 Å². The van der Waals surface area contributed by atoms with Crippen LogP contribution in [0.25, 0.3) is 10.9 Å². The Labute approximate surface area is 161 Å². The number of thiophene rings is 1. The van der Waals surface area contributed by atoms with Crippen molar-refractivity contribution in [3.05, 3.63) is 54.0 Å². The lowest BCUT2D eigenvalue weighted by molar-refractivity contribution is -0.120. The molecule has 1 aliphatic heterocycles. The molecule has 4 rings (SSSR count). The van der Waals surface area contributed by atoms with Crippen LogP contribution >= 0.6 is 11.3 Å². The molecule has 1 saturated heterocycles. The summed E-state index contributed by atoms with van der Waals surface area (Å²) in [6, 6.07) is 12.7. The maximum absolute atomic E-state index is 12.8. The van der Waals surface area contributed by atoms with E-state index in [0.29, 0.717) is 29.3 Å². The Hall–Kier alpha value is -2.29. The number of anilines is 1. The van der Waals surface area contributed by atoms with Gasteiger partial charge in [0.15, 0.2) is 0 Å². The number of para-hydroxylation sites is 1. The fourth-order valence-electron chi connectivity index (χ4n) is 3.35. The third kappa shape index (κ3) is 3.60. The number of amides is 1. The molecule has 6 nitrogen and oxygen atoms in total. The van der Waals surface area contributed by atoms with Gasteiger partial charge in [-0.2, -0.15) is 4.31 Å². The van der Waals surface area contributed by atoms with E-state index in [-0.39, 0.29) is 18.4 Å². The highest BCUT2D eigenvalue weighted by Crippen LogP contribution is 2.28. The highest BCUT2D eigenvalue weighted by molar-refractivity contribution is 7.91. The molecule has 1 amide bonds. The fourth-order valence-corrected chi connectivity index (χ4v) is 6.02. The predicted molar refractivity (Wildman–Crippen MR) is 106 cm³/mol. The van der Waals surface area contributed by atoms with E-state index >= 15 is 0 Å². The number of hydrogen-bond acceptors (Lipinski definition) is 5. The second kappa shape index (κ2) is 7.38. The molecule has 8 heteroatoms. The van der Waals surface area contributed by atoms with Crippen LogP contribution in [0.3, 0.4) is 0 Å². The minimum Gasteiger partial charge on any atom is -0.324 e. The molecule has 140 valence electrons. The summed E-state index contributed by atoms with van der Waals surface area (Å²) in [6.45, 7) is 0.643. The van der Waals surface area contributed by atoms with Gasteiger partial charge in [0, 0.05) is 24.7 Å². The van der Waals surface area contributed by atoms with E-state index in [4.69, 9.17) is 0 Å². The lowest BCUT2D eigenvalue weighted by atomic mass is 9.98. The number of fused-ring (bicyclic) bond motifs is 1. The Morgan fingerprint density at radius 3 is 2.85 bits per heavy atom. The first-order chi connectivity index (χ1) is 13.1. The molecule has 1 fully saturated rings. The zero-order valence-corrected chi connectivity index (χ0v) is 16.2. The van der Waals surface area contributed by atoms with Crippen molar-refractivity contribution in [2.45, 2.75) is 17.1 Å². The normalized spacial score (nSPS) is 18.4. The molecule has 3 aromatic rings. The van der Waals surface area contributed by atoms with Gasteiger partial charge in [0.05, 0.1) is 17.1 Å². The molecule has 27 heavy (non-hydrogen) atoms. The standard InChI is InChI=1S/C19H19N3O3S2/c23-19(21-16-8-1-5-14-6-2-10-20-18(14)16)15-7-3-11-22(13-15)27(24,25)17-9-4-12-26-17/h1-2,4-6,8-10,12,15H,3,7,11,13H2,(H,21,23)/t15-/m0/s1. The van der Waals surface area contributed by atoms with Crippen LogP contribution in [-0.4, -0.2) is 36.7 Å². The Balaban J connectivity index is 1.52. The van der Waals surface area contributed by atoms with Crippen molar-refractivity contribution in [2.75, 3.05) is 18.4 Å². The molecular formula is C19H19N3O3S2. The second-order valence-corrected chi connectivity index (χ2v) is 9.62. The van der Waals surface area contributed by atoms with Crippen molar-refractivity contribution in [3.8, 4) is 0 Å². The van der Waals surface area contributed by atoms with Crippen molar-refractivity contribution in [3.63, 3.8) is 0 Å². The smallest absolute Gasteiger partial charge is 0.252 e. The topological polar surface area (TPSA) is 79.4 Å². The predicted octanol–water partition coefficient (Wildman–Crippen LogP) is 3.34. The number of benzene rings is 1. The number of carbonyl (C=O) groups excluding carboxylic acids is 1. The number of carbonyl (C=O) groups is 1. The lowest BCUT2D eigenvalue weighted by Crippen LogP contribution is -2.43. The number of sulfonamides is 1. The molecule has 0 bridgehead atoms. The molecule has 1 aliphatic rings. The summed E-state index contributed by atoms with van der Waals surface area (Å²) in [5, 5.41) is 5.63. The lowest BCUT2D eigenvalue weighted by Gasteiger charge is -2.30. The maximum atomic E-state index is 12.8. The van der Waals surface area contributed by atoms with E-state index in [1.165, 1.54) is 15.6 Å². The van der Waals surface area contributed by atoms with Gasteiger partial charge in [0.25, 0.3) is 10.0 Å². The number of piperidine rings is 1. The van der Waals surface area contributed by atoms with Crippen molar-refractivity contribution in [1.29, 1.82) is 0 Å². The van der Waals surface area contributed by atoms with Crippen molar-refractivity contribution < 1.29 is 13.2 Å². The van der Waals surface area contributed by atoms with Crippen LogP contribution in [0.2, 0.25) is 0 Å². The fraction of sp³-hybridized carbons (Fsp3) is 0.263. The van der Waals surface area contributed by atoms with Gasteiger partial charge in [-0.3, -0.25) is 9.78 Å². The molecule has 3 heterocycles. The maximum Gasteiger partial charge on any atom is 0.252 e. The summed E-state index contributed by atoms with van der Waals surface area (Å²) >= 11 is 1.20. The number of aromatic nitrogens is 1. The quantitative estimate of drug-likeness (QED) is 0.727. The molecule has 1 atom stereocenters. The largest absolute Gasteiger partial charge is 0.324 e. The monoisotopic (exact) mass is 401 g/mol. The van der Waals surface area contributed by atoms with E-state index in [1.54, 1.807) is 23.7 Å². The van der Waals surface area contributed by atoms with Crippen LogP contribution in [0.4, 0.5) is 5.69 Å². The number of hydrogen-bond donors (Lipinski definition) is 1. The van der Waals surface area contributed by atoms with Crippen LogP contribution < -0.4 is 5.32 Å². The summed E-state index contributed by atoms with van der Waals surface area (Å²) in [7, 11) is -3.53. The van der Waals surface area contributed by atoms with Crippen molar-refractivity contribution >= 4 is 43.9 Å². The van der Waals surface area contributed by atoms with Crippen LogP contribution in [-0.2, 0) is 14.8 Å². The average molecular weight is 402 g/mol. The van der Waals surface area contributed by atoms with Crippen LogP contribution in [0.5, 0.6) is 0 Å². The van der Waals surface area contributed by atoms with Crippen molar-refractivity contribution in [2.24, 2.45) is 5.92 Å². The van der Waals surface area contributed by atoms with Gasteiger partial charge >= 0.3 is 0 Å². The van der Waals surface area contributed by atoms with Gasteiger partial charge in [-0.05, 0) is 36.4 Å². The van der Waals surface area contributed by atoms with E-state index in [9.17, 15) is 13.2 Å². The molecule has 0 saturated carbocycles. The second-order valence-electron chi connectivity index (χ2n) is 6.50. The summed E-state index contributed by atoms with van der Waals surface area (Å²) in [5.41, 5.74) is 1.38. The van der Waals surface area contributed by atoms with E-state index < -0.39 is 10.0 Å². The Morgan fingerprint density at radius 1 is 1.19 bits per heavy atom. The molecular weight excluding hydrogens is 382 g/mol. The number of nitrogens with zero attached hydrogens (tertiary/aromatic N) is 2. The van der Waals surface area contributed by atoms with Crippen LogP contribution in [0, 0.1) is 5.92 Å². The van der Waals surface area contributed by atoms with Gasteiger partial charge in [0.2, 0.25) is 5.91 Å². The molecule has 0 aliphatic carbocycles. The minimum absolute atomic E-state index is 0.167. The summed E-state index contributed by atoms with van der Waals surface area (Å²) in [6.07, 6.45) is 3.02. The Morgan fingerprint density at radius 2 is 2.04 bits per heavy atom. The summed E-state index contributed by atoms with van der Waals surface area (Å²) in [4.78, 5) is 17.2. The average Bonchev–Trinajstić information content (AvgIpc) is 3.24. The van der Waals surface area contributed by atoms with Crippen LogP contribution in [0.15, 0.2) is 58.3 Å². The van der Waals surface area contributed by atoms with Crippen molar-refractivity contribution in [1.82, 2.24) is 9.29 Å². The van der Waals surface area contributed by atoms with Gasteiger partial charge in [0.1, 0.15) is 4.21 Å². The molecule has 0 unspecified atom stereocenters. The van der Waals surface area contributed by atoms with Gasteiger partial charge in [-0.1, -0.05) is 24.3 Å². The summed E-state index contributed by atoms with van der Waals surface area (Å²) in [5.74, 6) is -0.549. The Kier molecular flexibility index (Phi) is 4.94. The number of nitrogens with one attached hydrogen (secondary N) is 1. The zero-order chi connectivity index (χ0) is 18.9. The molecule has 2 aromatic heterocycles. The van der Waals surface area contributed by atoms with E-state index in [1.807, 2.05) is 30.3 Å². The number of rotatable bonds is 4.